The van der Waals surface area contributed by atoms with Crippen LogP contribution in [0.1, 0.15) is 11.5 Å². The monoisotopic (exact) mass is 1100 g/mol. The Labute approximate surface area is 498 Å². The molecular weight excluding hydrogens is 1040 g/mol. The lowest BCUT2D eigenvalue weighted by molar-refractivity contribution is 0.269. The zero-order valence-electron chi connectivity index (χ0n) is 46.9. The molecule has 17 rings (SSSR count). The van der Waals surface area contributed by atoms with Crippen molar-refractivity contribution >= 4 is 99.2 Å². The number of anilines is 6. The number of benzene rings is 14. The molecule has 0 saturated carbocycles. The molecule has 2 atom stereocenters. The molecule has 0 N–H and O–H groups in total. The van der Waals surface area contributed by atoms with E-state index >= 15 is 0 Å². The molecule has 86 heavy (non-hydrogen) atoms. The maximum atomic E-state index is 7.02. The first-order chi connectivity index (χ1) is 42.6. The summed E-state index contributed by atoms with van der Waals surface area (Å²) in [5, 5.41) is 11.4. The molecule has 1 aliphatic carbocycles. The van der Waals surface area contributed by atoms with E-state index < -0.39 is 0 Å². The minimum absolute atomic E-state index is 0.0763. The maximum Gasteiger partial charge on any atom is 0.159 e. The van der Waals surface area contributed by atoms with Gasteiger partial charge in [0.2, 0.25) is 0 Å². The number of rotatable bonds is 10. The molecular formula is C82H54N2O2. The van der Waals surface area contributed by atoms with Gasteiger partial charge in [-0.2, -0.15) is 0 Å². The molecule has 2 aliphatic rings. The normalized spacial score (nSPS) is 14.3. The highest BCUT2D eigenvalue weighted by atomic mass is 16.5. The summed E-state index contributed by atoms with van der Waals surface area (Å²) in [6, 6.07) is 106. The number of hydrogen-bond acceptors (Lipinski definition) is 4. The molecule has 0 amide bonds. The van der Waals surface area contributed by atoms with Crippen LogP contribution in [-0.2, 0) is 0 Å². The Morgan fingerprint density at radius 1 is 0.291 bits per heavy atom. The quantitative estimate of drug-likeness (QED) is 0.128. The van der Waals surface area contributed by atoms with Gasteiger partial charge in [0, 0.05) is 45.0 Å². The van der Waals surface area contributed by atoms with Crippen LogP contribution >= 0.6 is 0 Å². The molecule has 2 unspecified atom stereocenters. The van der Waals surface area contributed by atoms with Crippen molar-refractivity contribution in [3.63, 3.8) is 0 Å². The Bertz CT molecular complexity index is 5220. The van der Waals surface area contributed by atoms with E-state index in [4.69, 9.17) is 9.15 Å². The molecule has 1 aliphatic heterocycles. The number of para-hydroxylation sites is 3. The van der Waals surface area contributed by atoms with Gasteiger partial charge in [-0.1, -0.05) is 243 Å². The van der Waals surface area contributed by atoms with Crippen LogP contribution in [0.5, 0.6) is 5.75 Å². The molecule has 4 nitrogen and oxygen atoms in total. The summed E-state index contributed by atoms with van der Waals surface area (Å²) in [5.41, 5.74) is 18.2. The van der Waals surface area contributed by atoms with E-state index in [0.717, 1.165) is 122 Å². The van der Waals surface area contributed by atoms with Gasteiger partial charge in [0.1, 0.15) is 17.4 Å². The molecule has 0 saturated heterocycles. The van der Waals surface area contributed by atoms with Crippen LogP contribution in [0.2, 0.25) is 0 Å². The van der Waals surface area contributed by atoms with E-state index in [-0.39, 0.29) is 12.0 Å². The van der Waals surface area contributed by atoms with Crippen molar-refractivity contribution in [2.45, 2.75) is 12.0 Å². The van der Waals surface area contributed by atoms with Gasteiger partial charge >= 0.3 is 0 Å². The molecule has 14 aromatic carbocycles. The molecule has 0 spiro atoms. The van der Waals surface area contributed by atoms with Crippen molar-refractivity contribution in [2.75, 3.05) is 9.80 Å². The predicted molar refractivity (Wildman–Crippen MR) is 360 cm³/mol. The predicted octanol–water partition coefficient (Wildman–Crippen LogP) is 22.8. The van der Waals surface area contributed by atoms with Gasteiger partial charge in [-0.05, 0) is 160 Å². The van der Waals surface area contributed by atoms with Crippen LogP contribution in [0.4, 0.5) is 34.1 Å². The van der Waals surface area contributed by atoms with E-state index in [2.05, 4.69) is 319 Å². The summed E-state index contributed by atoms with van der Waals surface area (Å²) in [4.78, 5) is 4.81. The first kappa shape index (κ1) is 49.4. The zero-order valence-corrected chi connectivity index (χ0v) is 46.9. The summed E-state index contributed by atoms with van der Waals surface area (Å²) in [7, 11) is 0. The second-order valence-corrected chi connectivity index (χ2v) is 22.7. The highest BCUT2D eigenvalue weighted by Crippen LogP contribution is 2.53. The molecule has 2 heterocycles. The average molecular weight is 1100 g/mol. The fourth-order valence-corrected chi connectivity index (χ4v) is 13.6. The number of furan rings is 1. The zero-order chi connectivity index (χ0) is 56.7. The number of allylic oxidation sites excluding steroid dienone is 2. The molecule has 0 radical (unpaired) electrons. The molecule has 4 heteroatoms. The highest BCUT2D eigenvalue weighted by molar-refractivity contribution is 6.23. The molecule has 0 fully saturated rings. The first-order valence-electron chi connectivity index (χ1n) is 29.6. The van der Waals surface area contributed by atoms with Crippen LogP contribution in [-0.4, -0.2) is 6.10 Å². The molecule has 404 valence electrons. The van der Waals surface area contributed by atoms with Gasteiger partial charge in [-0.15, -0.1) is 0 Å². The van der Waals surface area contributed by atoms with Crippen molar-refractivity contribution < 1.29 is 9.15 Å². The van der Waals surface area contributed by atoms with Gasteiger partial charge in [-0.3, -0.25) is 0 Å². The summed E-state index contributed by atoms with van der Waals surface area (Å²) in [5.74, 6) is 1.04. The average Bonchev–Trinajstić information content (AvgIpc) is 1.32. The lowest BCUT2D eigenvalue weighted by Crippen LogP contribution is -2.16. The Kier molecular flexibility index (Phi) is 11.7. The van der Waals surface area contributed by atoms with Crippen molar-refractivity contribution in [1.82, 2.24) is 0 Å². The van der Waals surface area contributed by atoms with Gasteiger partial charge in [0.25, 0.3) is 0 Å². The van der Waals surface area contributed by atoms with Gasteiger partial charge < -0.3 is 19.0 Å². The summed E-state index contributed by atoms with van der Waals surface area (Å²) < 4.78 is 13.9. The lowest BCUT2D eigenvalue weighted by atomic mass is 9.84. The molecule has 0 bridgehead atoms. The Balaban J connectivity index is 0.958. The smallest absolute Gasteiger partial charge is 0.159 e. The number of ether oxygens (including phenoxy) is 1. The van der Waals surface area contributed by atoms with Crippen molar-refractivity contribution in [3.8, 4) is 50.3 Å². The molecule has 1 aromatic heterocycles. The Morgan fingerprint density at radius 3 is 1.35 bits per heavy atom. The van der Waals surface area contributed by atoms with E-state index in [1.165, 1.54) is 32.8 Å². The van der Waals surface area contributed by atoms with Gasteiger partial charge in [0.15, 0.2) is 5.58 Å². The van der Waals surface area contributed by atoms with Crippen LogP contribution < -0.4 is 14.5 Å². The topological polar surface area (TPSA) is 28.9 Å². The highest BCUT2D eigenvalue weighted by Gasteiger charge is 2.36. The standard InChI is InChI=1S/C82H54N2O2/c1-3-17-53(18-4-1)57-33-37-59(38-34-57)79-69-47-45-66(84(64-44-42-56-22-8-10-24-62(56)50-64)76-30-16-28-72-68-26-12-14-32-78(68)86-82(72)76)52-74(69)80(60-39-35-58(36-40-60)54-19-5-2-6-20-54)70-48-46-65(51-73(70)79)83(63-43-41-55-21-7-9-23-61(55)49-63)75-29-15-27-71-67-25-11-13-31-77(67)85-81(71)75/h1-52,67,77H. The van der Waals surface area contributed by atoms with Crippen LogP contribution in [0, 0.1) is 0 Å². The minimum Gasteiger partial charge on any atom is -0.483 e. The lowest BCUT2D eigenvalue weighted by Gasteiger charge is -2.29. The van der Waals surface area contributed by atoms with E-state index in [9.17, 15) is 0 Å². The SMILES string of the molecule is C1=CC2Oc3c(cccc3N(c3ccc4ccccc4c3)c3ccc4c(-c5ccc(-c6ccccc6)cc5)c5cc(N(c6ccc7ccccc7c6)c6cccc7c6oc6ccccc67)ccc5c(-c5ccc(-c6ccccc6)cc5)c4c3)C2C=C1. The first-order valence-corrected chi connectivity index (χ1v) is 29.6. The third-order valence-corrected chi connectivity index (χ3v) is 17.7. The van der Waals surface area contributed by atoms with Gasteiger partial charge in [0.05, 0.1) is 11.4 Å². The largest absolute Gasteiger partial charge is 0.483 e. The van der Waals surface area contributed by atoms with Crippen LogP contribution in [0.15, 0.2) is 320 Å². The molecule has 15 aromatic rings. The van der Waals surface area contributed by atoms with Crippen molar-refractivity contribution in [2.24, 2.45) is 0 Å². The fourth-order valence-electron chi connectivity index (χ4n) is 13.6. The Hall–Kier alpha value is -11.2. The number of nitrogens with zero attached hydrogens (tertiary/aromatic N) is 2. The fraction of sp³-hybridized carbons (Fsp3) is 0.0244. The maximum absolute atomic E-state index is 7.02. The van der Waals surface area contributed by atoms with Crippen molar-refractivity contribution in [1.29, 1.82) is 0 Å². The van der Waals surface area contributed by atoms with Gasteiger partial charge in [-0.25, -0.2) is 0 Å². The third-order valence-electron chi connectivity index (χ3n) is 17.7. The second kappa shape index (κ2) is 20.3. The minimum atomic E-state index is -0.0763. The van der Waals surface area contributed by atoms with Crippen LogP contribution in [0.3, 0.4) is 0 Å². The van der Waals surface area contributed by atoms with Crippen molar-refractivity contribution in [3.05, 3.63) is 321 Å². The van der Waals surface area contributed by atoms with E-state index in [1.807, 2.05) is 6.07 Å². The second-order valence-electron chi connectivity index (χ2n) is 22.7. The number of fused-ring (bicyclic) bond motifs is 10. The van der Waals surface area contributed by atoms with E-state index in [0.29, 0.717) is 0 Å². The summed E-state index contributed by atoms with van der Waals surface area (Å²) in [6.07, 6.45) is 8.63. The number of hydrogen-bond donors (Lipinski definition) is 0. The van der Waals surface area contributed by atoms with E-state index in [1.54, 1.807) is 0 Å². The Morgan fingerprint density at radius 2 is 0.744 bits per heavy atom. The van der Waals surface area contributed by atoms with Crippen LogP contribution in [0.25, 0.3) is 110 Å². The summed E-state index contributed by atoms with van der Waals surface area (Å²) >= 11 is 0. The third kappa shape index (κ3) is 8.29. The summed E-state index contributed by atoms with van der Waals surface area (Å²) in [6.45, 7) is 0.